The maximum absolute atomic E-state index is 4.66. The van der Waals surface area contributed by atoms with Crippen molar-refractivity contribution >= 4 is 10.9 Å². The number of rotatable bonds is 2. The molecule has 2 unspecified atom stereocenters. The fourth-order valence-corrected chi connectivity index (χ4v) is 3.40. The lowest BCUT2D eigenvalue weighted by molar-refractivity contribution is 0.141. The lowest BCUT2D eigenvalue weighted by Gasteiger charge is -2.41. The van der Waals surface area contributed by atoms with Crippen LogP contribution in [0.4, 0.5) is 0 Å². The van der Waals surface area contributed by atoms with E-state index < -0.39 is 0 Å². The van der Waals surface area contributed by atoms with Crippen LogP contribution < -0.4 is 5.32 Å². The molecule has 3 nitrogen and oxygen atoms in total. The van der Waals surface area contributed by atoms with Gasteiger partial charge in [-0.3, -0.25) is 4.68 Å². The molecule has 0 radical (unpaired) electrons. The number of fused-ring (bicyclic) bond motifs is 1. The summed E-state index contributed by atoms with van der Waals surface area (Å²) in [5.74, 6) is 0. The molecule has 1 fully saturated rings. The molecule has 1 aliphatic carbocycles. The molecular weight excluding hydrogens is 234 g/mol. The maximum atomic E-state index is 4.66. The van der Waals surface area contributed by atoms with Crippen LogP contribution in [0.5, 0.6) is 0 Å². The van der Waals surface area contributed by atoms with Crippen LogP contribution in [-0.2, 0) is 0 Å². The molecule has 2 aromatic rings. The van der Waals surface area contributed by atoms with Gasteiger partial charge < -0.3 is 5.32 Å². The minimum absolute atomic E-state index is 0.408. The zero-order valence-corrected chi connectivity index (χ0v) is 12.1. The van der Waals surface area contributed by atoms with Crippen molar-refractivity contribution in [3.05, 3.63) is 30.5 Å². The minimum atomic E-state index is 0.408. The number of likely N-dealkylation sites (N-methyl/N-ethyl adjacent to an activating group) is 1. The highest BCUT2D eigenvalue weighted by Gasteiger charge is 2.36. The van der Waals surface area contributed by atoms with Gasteiger partial charge in [-0.25, -0.2) is 0 Å². The second kappa shape index (κ2) is 4.64. The van der Waals surface area contributed by atoms with Crippen LogP contribution in [0.2, 0.25) is 0 Å². The largest absolute Gasteiger partial charge is 0.315 e. The number of nitrogens with one attached hydrogen (secondary N) is 1. The molecule has 1 N–H and O–H groups in total. The SMILES string of the molecule is CNC1CCC(C)(C)CC1n1ncc2ccccc21. The third-order valence-electron chi connectivity index (χ3n) is 4.55. The number of aromatic nitrogens is 2. The second-order valence-electron chi connectivity index (χ2n) is 6.52. The maximum Gasteiger partial charge on any atom is 0.0686 e. The van der Waals surface area contributed by atoms with E-state index >= 15 is 0 Å². The van der Waals surface area contributed by atoms with Crippen LogP contribution in [0.3, 0.4) is 0 Å². The van der Waals surface area contributed by atoms with Gasteiger partial charge in [-0.15, -0.1) is 0 Å². The number of hydrogen-bond donors (Lipinski definition) is 1. The first-order chi connectivity index (χ1) is 9.11. The molecule has 0 saturated heterocycles. The fourth-order valence-electron chi connectivity index (χ4n) is 3.40. The summed E-state index contributed by atoms with van der Waals surface area (Å²) >= 11 is 0. The van der Waals surface area contributed by atoms with Gasteiger partial charge >= 0.3 is 0 Å². The van der Waals surface area contributed by atoms with E-state index in [0.717, 1.165) is 0 Å². The van der Waals surface area contributed by atoms with Gasteiger partial charge in [-0.05, 0) is 37.8 Å². The van der Waals surface area contributed by atoms with Gasteiger partial charge in [-0.2, -0.15) is 5.10 Å². The highest BCUT2D eigenvalue weighted by molar-refractivity contribution is 5.78. The van der Waals surface area contributed by atoms with E-state index in [4.69, 9.17) is 0 Å². The molecule has 3 rings (SSSR count). The third-order valence-corrected chi connectivity index (χ3v) is 4.55. The van der Waals surface area contributed by atoms with E-state index in [1.807, 2.05) is 6.20 Å². The van der Waals surface area contributed by atoms with Gasteiger partial charge in [0.2, 0.25) is 0 Å². The Morgan fingerprint density at radius 1 is 1.32 bits per heavy atom. The number of para-hydroxylation sites is 1. The molecule has 19 heavy (non-hydrogen) atoms. The normalized spacial score (nSPS) is 26.7. The van der Waals surface area contributed by atoms with Crippen molar-refractivity contribution in [1.82, 2.24) is 15.1 Å². The average molecular weight is 257 g/mol. The van der Waals surface area contributed by atoms with Gasteiger partial charge in [-0.1, -0.05) is 32.0 Å². The second-order valence-corrected chi connectivity index (χ2v) is 6.52. The Balaban J connectivity index is 2.02. The van der Waals surface area contributed by atoms with Crippen LogP contribution in [0.15, 0.2) is 30.5 Å². The standard InChI is InChI=1S/C16H23N3/c1-16(2)9-8-13(17-3)15(10-16)19-14-7-5-4-6-12(14)11-18-19/h4-7,11,13,15,17H,8-10H2,1-3H3. The average Bonchev–Trinajstić information content (AvgIpc) is 2.81. The van der Waals surface area contributed by atoms with Crippen LogP contribution in [0.25, 0.3) is 10.9 Å². The topological polar surface area (TPSA) is 29.9 Å². The Hall–Kier alpha value is -1.35. The molecule has 1 saturated carbocycles. The van der Waals surface area contributed by atoms with Gasteiger partial charge in [0.05, 0.1) is 17.8 Å². The van der Waals surface area contributed by atoms with Crippen molar-refractivity contribution in [3.63, 3.8) is 0 Å². The highest BCUT2D eigenvalue weighted by atomic mass is 15.3. The molecular formula is C16H23N3. The first-order valence-corrected chi connectivity index (χ1v) is 7.20. The monoisotopic (exact) mass is 257 g/mol. The van der Waals surface area contributed by atoms with Gasteiger partial charge in [0.25, 0.3) is 0 Å². The van der Waals surface area contributed by atoms with E-state index in [-0.39, 0.29) is 0 Å². The van der Waals surface area contributed by atoms with Crippen molar-refractivity contribution in [2.24, 2.45) is 5.41 Å². The van der Waals surface area contributed by atoms with E-state index in [0.29, 0.717) is 17.5 Å². The lowest BCUT2D eigenvalue weighted by atomic mass is 9.73. The molecule has 1 aliphatic rings. The number of hydrogen-bond acceptors (Lipinski definition) is 2. The summed E-state index contributed by atoms with van der Waals surface area (Å²) in [6, 6.07) is 9.47. The summed E-state index contributed by atoms with van der Waals surface area (Å²) in [4.78, 5) is 0. The molecule has 1 aromatic heterocycles. The predicted molar refractivity (Wildman–Crippen MR) is 79.2 cm³/mol. The fraction of sp³-hybridized carbons (Fsp3) is 0.562. The summed E-state index contributed by atoms with van der Waals surface area (Å²) in [6.07, 6.45) is 5.68. The first-order valence-electron chi connectivity index (χ1n) is 7.20. The van der Waals surface area contributed by atoms with Crippen molar-refractivity contribution in [3.8, 4) is 0 Å². The molecule has 0 spiro atoms. The molecule has 1 heterocycles. The molecule has 0 bridgehead atoms. The van der Waals surface area contributed by atoms with Crippen molar-refractivity contribution in [2.45, 2.75) is 45.2 Å². The Labute approximate surface area is 115 Å². The van der Waals surface area contributed by atoms with E-state index in [2.05, 4.69) is 60.3 Å². The van der Waals surface area contributed by atoms with E-state index in [1.54, 1.807) is 0 Å². The first kappa shape index (κ1) is 12.7. The molecule has 2 atom stereocenters. The Bertz CT molecular complexity index is 570. The number of nitrogens with zero attached hydrogens (tertiary/aromatic N) is 2. The third kappa shape index (κ3) is 2.27. The van der Waals surface area contributed by atoms with Crippen molar-refractivity contribution in [2.75, 3.05) is 7.05 Å². The molecule has 0 amide bonds. The molecule has 0 aliphatic heterocycles. The van der Waals surface area contributed by atoms with Crippen molar-refractivity contribution < 1.29 is 0 Å². The minimum Gasteiger partial charge on any atom is -0.315 e. The van der Waals surface area contributed by atoms with Crippen LogP contribution >= 0.6 is 0 Å². The van der Waals surface area contributed by atoms with Gasteiger partial charge in [0, 0.05) is 11.4 Å². The quantitative estimate of drug-likeness (QED) is 0.894. The van der Waals surface area contributed by atoms with Gasteiger partial charge in [0.1, 0.15) is 0 Å². The number of benzene rings is 1. The smallest absolute Gasteiger partial charge is 0.0686 e. The summed E-state index contributed by atoms with van der Waals surface area (Å²) in [5, 5.41) is 9.38. The van der Waals surface area contributed by atoms with E-state index in [1.165, 1.54) is 30.2 Å². The lowest BCUT2D eigenvalue weighted by Crippen LogP contribution is -2.42. The molecule has 102 valence electrons. The zero-order chi connectivity index (χ0) is 13.5. The Morgan fingerprint density at radius 3 is 2.89 bits per heavy atom. The molecule has 3 heteroatoms. The van der Waals surface area contributed by atoms with Gasteiger partial charge in [0.15, 0.2) is 0 Å². The highest BCUT2D eigenvalue weighted by Crippen LogP contribution is 2.41. The zero-order valence-electron chi connectivity index (χ0n) is 12.1. The van der Waals surface area contributed by atoms with Crippen molar-refractivity contribution in [1.29, 1.82) is 0 Å². The summed E-state index contributed by atoms with van der Waals surface area (Å²) in [6.45, 7) is 4.75. The summed E-state index contributed by atoms with van der Waals surface area (Å²) in [5.41, 5.74) is 1.66. The van der Waals surface area contributed by atoms with E-state index in [9.17, 15) is 0 Å². The van der Waals surface area contributed by atoms with Crippen LogP contribution in [-0.4, -0.2) is 22.9 Å². The van der Waals surface area contributed by atoms with Crippen LogP contribution in [0, 0.1) is 5.41 Å². The molecule has 1 aromatic carbocycles. The summed E-state index contributed by atoms with van der Waals surface area (Å²) < 4.78 is 2.23. The summed E-state index contributed by atoms with van der Waals surface area (Å²) in [7, 11) is 2.07. The van der Waals surface area contributed by atoms with Crippen LogP contribution in [0.1, 0.15) is 39.2 Å². The Kier molecular flexibility index (Phi) is 3.09. The predicted octanol–water partition coefficient (Wildman–Crippen LogP) is 3.38. The Morgan fingerprint density at radius 2 is 2.11 bits per heavy atom.